The van der Waals surface area contributed by atoms with Gasteiger partial charge in [-0.25, -0.2) is 4.98 Å². The lowest BCUT2D eigenvalue weighted by atomic mass is 9.82. The lowest BCUT2D eigenvalue weighted by Gasteiger charge is -2.29. The van der Waals surface area contributed by atoms with E-state index in [0.717, 1.165) is 50.2 Å². The Bertz CT molecular complexity index is 738. The minimum atomic E-state index is 0.318. The third kappa shape index (κ3) is 3.68. The summed E-state index contributed by atoms with van der Waals surface area (Å²) in [6, 6.07) is 11.0. The first-order chi connectivity index (χ1) is 12.7. The highest BCUT2D eigenvalue weighted by atomic mass is 15.1. The van der Waals surface area contributed by atoms with Crippen LogP contribution in [-0.2, 0) is 6.42 Å². The van der Waals surface area contributed by atoms with Gasteiger partial charge in [0.15, 0.2) is 0 Å². The number of rotatable bonds is 4. The Morgan fingerprint density at radius 3 is 2.54 bits per heavy atom. The number of nitrogens with one attached hydrogen (secondary N) is 1. The number of hydrogen-bond donors (Lipinski definition) is 3. The zero-order chi connectivity index (χ0) is 17.9. The summed E-state index contributed by atoms with van der Waals surface area (Å²) in [5.74, 6) is 2.32. The molecular formula is C21H29N5. The van der Waals surface area contributed by atoms with E-state index in [0.29, 0.717) is 23.8 Å². The number of nitrogens with zero attached hydrogens (tertiary/aromatic N) is 2. The van der Waals surface area contributed by atoms with Crippen molar-refractivity contribution >= 4 is 11.8 Å². The van der Waals surface area contributed by atoms with Gasteiger partial charge in [-0.2, -0.15) is 4.98 Å². The normalized spacial score (nSPS) is 25.5. The Balaban J connectivity index is 1.56. The second-order valence-corrected chi connectivity index (χ2v) is 7.81. The van der Waals surface area contributed by atoms with E-state index in [9.17, 15) is 0 Å². The van der Waals surface area contributed by atoms with E-state index < -0.39 is 0 Å². The maximum absolute atomic E-state index is 6.07. The van der Waals surface area contributed by atoms with Gasteiger partial charge >= 0.3 is 0 Å². The van der Waals surface area contributed by atoms with E-state index in [2.05, 4.69) is 45.6 Å². The van der Waals surface area contributed by atoms with Gasteiger partial charge in [0, 0.05) is 24.1 Å². The van der Waals surface area contributed by atoms with E-state index in [1.54, 1.807) is 0 Å². The van der Waals surface area contributed by atoms with Crippen LogP contribution < -0.4 is 16.8 Å². The Kier molecular flexibility index (Phi) is 5.07. The first-order valence-corrected chi connectivity index (χ1v) is 9.91. The fourth-order valence-corrected chi connectivity index (χ4v) is 4.46. The highest BCUT2D eigenvalue weighted by molar-refractivity contribution is 5.53. The molecule has 5 heteroatoms. The van der Waals surface area contributed by atoms with Crippen LogP contribution in [0, 0.1) is 5.92 Å². The molecule has 5 nitrogen and oxygen atoms in total. The molecule has 1 atom stereocenters. The molecule has 0 amide bonds. The van der Waals surface area contributed by atoms with Crippen molar-refractivity contribution in [2.24, 2.45) is 11.7 Å². The molecule has 0 bridgehead atoms. The highest BCUT2D eigenvalue weighted by Crippen LogP contribution is 2.38. The van der Waals surface area contributed by atoms with Crippen molar-refractivity contribution < 1.29 is 0 Å². The molecule has 0 aliphatic heterocycles. The van der Waals surface area contributed by atoms with Gasteiger partial charge in [-0.15, -0.1) is 0 Å². The monoisotopic (exact) mass is 351 g/mol. The van der Waals surface area contributed by atoms with Crippen molar-refractivity contribution in [1.29, 1.82) is 0 Å². The molecule has 2 aliphatic carbocycles. The fourth-order valence-electron chi connectivity index (χ4n) is 4.46. The third-order valence-corrected chi connectivity index (χ3v) is 5.96. The summed E-state index contributed by atoms with van der Waals surface area (Å²) in [4.78, 5) is 9.19. The number of benzene rings is 1. The minimum Gasteiger partial charge on any atom is -0.369 e. The number of anilines is 2. The molecule has 1 heterocycles. The Morgan fingerprint density at radius 2 is 1.77 bits per heavy atom. The van der Waals surface area contributed by atoms with Gasteiger partial charge in [-0.05, 0) is 56.4 Å². The molecule has 2 aromatic rings. The molecule has 0 spiro atoms. The van der Waals surface area contributed by atoms with Gasteiger partial charge in [0.05, 0.1) is 5.69 Å². The summed E-state index contributed by atoms with van der Waals surface area (Å²) in [7, 11) is 0. The smallest absolute Gasteiger partial charge is 0.222 e. The number of fused-ring (bicyclic) bond motifs is 1. The van der Waals surface area contributed by atoms with Gasteiger partial charge in [0.25, 0.3) is 0 Å². The number of aromatic nitrogens is 2. The van der Waals surface area contributed by atoms with Gasteiger partial charge in [-0.3, -0.25) is 0 Å². The van der Waals surface area contributed by atoms with Crippen LogP contribution in [0.1, 0.15) is 61.3 Å². The van der Waals surface area contributed by atoms with Gasteiger partial charge in [0.1, 0.15) is 5.82 Å². The zero-order valence-electron chi connectivity index (χ0n) is 15.3. The topological polar surface area (TPSA) is 89.8 Å². The van der Waals surface area contributed by atoms with Crippen LogP contribution in [0.5, 0.6) is 0 Å². The first kappa shape index (κ1) is 17.3. The van der Waals surface area contributed by atoms with Crippen LogP contribution in [-0.4, -0.2) is 22.6 Å². The van der Waals surface area contributed by atoms with E-state index in [4.69, 9.17) is 11.5 Å². The van der Waals surface area contributed by atoms with Crippen molar-refractivity contribution in [3.63, 3.8) is 0 Å². The van der Waals surface area contributed by atoms with E-state index >= 15 is 0 Å². The molecule has 138 valence electrons. The largest absolute Gasteiger partial charge is 0.369 e. The summed E-state index contributed by atoms with van der Waals surface area (Å²) in [5.41, 5.74) is 15.8. The summed E-state index contributed by atoms with van der Waals surface area (Å²) >= 11 is 0. The molecule has 0 radical (unpaired) electrons. The summed E-state index contributed by atoms with van der Waals surface area (Å²) in [5, 5.41) is 3.60. The molecule has 1 aromatic carbocycles. The predicted octanol–water partition coefficient (Wildman–Crippen LogP) is 3.46. The quantitative estimate of drug-likeness (QED) is 0.785. The van der Waals surface area contributed by atoms with Crippen molar-refractivity contribution in [3.05, 3.63) is 47.2 Å². The van der Waals surface area contributed by atoms with E-state index in [-0.39, 0.29) is 0 Å². The molecule has 2 aliphatic rings. The van der Waals surface area contributed by atoms with Crippen LogP contribution in [0.25, 0.3) is 0 Å². The Morgan fingerprint density at radius 1 is 1.00 bits per heavy atom. The van der Waals surface area contributed by atoms with Crippen LogP contribution in [0.3, 0.4) is 0 Å². The van der Waals surface area contributed by atoms with Crippen molar-refractivity contribution in [1.82, 2.24) is 9.97 Å². The third-order valence-electron chi connectivity index (χ3n) is 5.96. The fraction of sp³-hybridized carbons (Fsp3) is 0.524. The van der Waals surface area contributed by atoms with Crippen molar-refractivity contribution in [2.45, 2.75) is 56.9 Å². The standard InChI is InChI=1S/C21H29N5/c22-16-11-9-14(10-12-16)13-24-20-18-8-4-7-17(15-5-2-1-3-6-15)19(18)25-21(23)26-20/h1-3,5-6,14,16-17H,4,7-13,22H2,(H3,23,24,25,26)/t14-,16-,17?. The average molecular weight is 351 g/mol. The van der Waals surface area contributed by atoms with Crippen LogP contribution in [0.4, 0.5) is 11.8 Å². The average Bonchev–Trinajstić information content (AvgIpc) is 2.67. The number of hydrogen-bond acceptors (Lipinski definition) is 5. The van der Waals surface area contributed by atoms with Crippen LogP contribution in [0.2, 0.25) is 0 Å². The Hall–Kier alpha value is -2.14. The van der Waals surface area contributed by atoms with Crippen LogP contribution >= 0.6 is 0 Å². The lowest BCUT2D eigenvalue weighted by Crippen LogP contribution is -2.29. The molecule has 1 unspecified atom stereocenters. The SMILES string of the molecule is Nc1nc(NC[C@H]2CC[C@H](N)CC2)c2c(n1)C(c1ccccc1)CCC2. The number of nitrogens with two attached hydrogens (primary N) is 2. The maximum Gasteiger partial charge on any atom is 0.222 e. The summed E-state index contributed by atoms with van der Waals surface area (Å²) in [6.45, 7) is 0.950. The molecule has 1 saturated carbocycles. The van der Waals surface area contributed by atoms with Gasteiger partial charge in [0.2, 0.25) is 5.95 Å². The second kappa shape index (κ2) is 7.62. The molecule has 26 heavy (non-hydrogen) atoms. The minimum absolute atomic E-state index is 0.318. The van der Waals surface area contributed by atoms with Gasteiger partial charge in [-0.1, -0.05) is 30.3 Å². The molecule has 5 N–H and O–H groups in total. The number of nitrogen functional groups attached to an aromatic ring is 1. The maximum atomic E-state index is 6.07. The van der Waals surface area contributed by atoms with Gasteiger partial charge < -0.3 is 16.8 Å². The van der Waals surface area contributed by atoms with E-state index in [1.807, 2.05) is 0 Å². The first-order valence-electron chi connectivity index (χ1n) is 9.91. The second-order valence-electron chi connectivity index (χ2n) is 7.81. The predicted molar refractivity (Wildman–Crippen MR) is 106 cm³/mol. The highest BCUT2D eigenvalue weighted by Gasteiger charge is 2.27. The van der Waals surface area contributed by atoms with Crippen molar-refractivity contribution in [2.75, 3.05) is 17.6 Å². The molecule has 4 rings (SSSR count). The lowest BCUT2D eigenvalue weighted by molar-refractivity contribution is 0.338. The molecule has 0 saturated heterocycles. The van der Waals surface area contributed by atoms with Crippen molar-refractivity contribution in [3.8, 4) is 0 Å². The summed E-state index contributed by atoms with van der Waals surface area (Å²) in [6.07, 6.45) is 7.96. The Labute approximate surface area is 155 Å². The zero-order valence-corrected chi connectivity index (χ0v) is 15.3. The molecule has 1 fully saturated rings. The molecular weight excluding hydrogens is 322 g/mol. The van der Waals surface area contributed by atoms with E-state index in [1.165, 1.54) is 24.0 Å². The van der Waals surface area contributed by atoms with Crippen LogP contribution in [0.15, 0.2) is 30.3 Å². The summed E-state index contributed by atoms with van der Waals surface area (Å²) < 4.78 is 0. The molecule has 1 aromatic heterocycles.